The number of likely N-dealkylation sites (N-methyl/N-ethyl adjacent to an activating group) is 1. The topological polar surface area (TPSA) is 59.1 Å². The summed E-state index contributed by atoms with van der Waals surface area (Å²) in [6.07, 6.45) is -21.1. The van der Waals surface area contributed by atoms with E-state index in [0.29, 0.717) is 0 Å². The number of ether oxygens (including phenoxy) is 2. The van der Waals surface area contributed by atoms with E-state index in [0.717, 1.165) is 0 Å². The highest BCUT2D eigenvalue weighted by Gasteiger charge is 2.71. The predicted molar refractivity (Wildman–Crippen MR) is 99.1 cm³/mol. The third-order valence-electron chi connectivity index (χ3n) is 3.82. The van der Waals surface area contributed by atoms with Crippen LogP contribution in [0.3, 0.4) is 0 Å². The number of nitrogens with zero attached hydrogens (tertiary/aromatic N) is 1. The van der Waals surface area contributed by atoms with E-state index < -0.39 is 118 Å². The van der Waals surface area contributed by atoms with E-state index in [9.17, 15) is 7.54 Å². The summed E-state index contributed by atoms with van der Waals surface area (Å²) in [6, 6.07) is -12.6. The minimum absolute atomic E-state index is 0. The van der Waals surface area contributed by atoms with Crippen molar-refractivity contribution in [3.05, 3.63) is 44.6 Å². The van der Waals surface area contributed by atoms with E-state index >= 15 is 0 Å². The van der Waals surface area contributed by atoms with E-state index in [2.05, 4.69) is 5.11 Å². The lowest BCUT2D eigenvalue weighted by molar-refractivity contribution is -0.938. The summed E-state index contributed by atoms with van der Waals surface area (Å²) < 4.78 is 193. The molecule has 5 heterocycles. The molecule has 4 atom stereocenters. The molecule has 5 nitrogen and oxygen atoms in total. The third kappa shape index (κ3) is 2.84. The van der Waals surface area contributed by atoms with Crippen LogP contribution in [0.15, 0.2) is 34.9 Å². The van der Waals surface area contributed by atoms with Crippen molar-refractivity contribution in [2.24, 2.45) is 0 Å². The van der Waals surface area contributed by atoms with Crippen molar-refractivity contribution in [1.29, 1.82) is 1.43 Å². The van der Waals surface area contributed by atoms with Crippen molar-refractivity contribution in [2.45, 2.75) is 48.6 Å². The van der Waals surface area contributed by atoms with Crippen LogP contribution in [-0.4, -0.2) is 61.2 Å². The van der Waals surface area contributed by atoms with E-state index in [1.807, 2.05) is 0 Å². The highest BCUT2D eigenvalue weighted by molar-refractivity contribution is 7.12. The van der Waals surface area contributed by atoms with E-state index in [1.54, 1.807) is 0 Å². The van der Waals surface area contributed by atoms with Gasteiger partial charge in [0.15, 0.2) is 0 Å². The normalized spacial score (nSPS) is 63.1. The summed E-state index contributed by atoms with van der Waals surface area (Å²) in [5.74, 6) is -2.33. The summed E-state index contributed by atoms with van der Waals surface area (Å²) >= 11 is 0.194. The highest BCUT2D eigenvalue weighted by atomic mass is 79.9. The van der Waals surface area contributed by atoms with Crippen LogP contribution in [0.1, 0.15) is 51.3 Å². The molecule has 0 spiro atoms. The number of thiophene rings is 2. The van der Waals surface area contributed by atoms with Crippen LogP contribution in [0.25, 0.3) is 0 Å². The first kappa shape index (κ1) is 6.36. The molecule has 3 saturated heterocycles. The van der Waals surface area contributed by atoms with Crippen LogP contribution in [0.4, 0.5) is 0 Å². The molecule has 2 aromatic heterocycles. The van der Waals surface area contributed by atoms with Crippen molar-refractivity contribution in [3.8, 4) is 0 Å². The Balaban J connectivity index is 0.00000541. The molecule has 146 valence electrons. The van der Waals surface area contributed by atoms with Crippen LogP contribution in [0, 0.1) is 0 Å². The molecule has 3 aliphatic heterocycles. The summed E-state index contributed by atoms with van der Waals surface area (Å²) in [4.78, 5) is 12.5. The summed E-state index contributed by atoms with van der Waals surface area (Å²) in [5.41, 5.74) is -3.48. The van der Waals surface area contributed by atoms with Gasteiger partial charge in [0, 0.05) is 18.2 Å². The fourth-order valence-electron chi connectivity index (χ4n) is 2.52. The molecule has 1 N–H and O–H groups in total. The molecule has 0 saturated carbocycles. The number of epoxide rings is 1. The van der Waals surface area contributed by atoms with Gasteiger partial charge in [0.05, 0.1) is 47.0 Å². The maximum absolute atomic E-state index is 14.3. The number of quaternary nitrogens is 1. The first-order valence-corrected chi connectivity index (χ1v) is 8.57. The summed E-state index contributed by atoms with van der Waals surface area (Å²) in [6.45, 7) is -8.65. The van der Waals surface area contributed by atoms with Crippen molar-refractivity contribution >= 4 is 28.6 Å². The van der Waals surface area contributed by atoms with Crippen LogP contribution in [-0.2, 0) is 19.9 Å². The maximum atomic E-state index is 14.3. The molecular weight excluding hydrogens is 450 g/mol. The molecular formula is C19H22BrNO4S2. The average Bonchev–Trinajstić information content (AvgIpc) is 3.28. The van der Waals surface area contributed by atoms with Crippen LogP contribution >= 0.6 is 22.7 Å². The number of esters is 1. The summed E-state index contributed by atoms with van der Waals surface area (Å²) in [7, 11) is 0. The van der Waals surface area contributed by atoms with Gasteiger partial charge in [-0.3, -0.25) is 0 Å². The molecule has 0 radical (unpaired) electrons. The lowest BCUT2D eigenvalue weighted by Gasteiger charge is -2.45. The van der Waals surface area contributed by atoms with Gasteiger partial charge in [-0.05, 0) is 22.8 Å². The number of fused-ring (bicyclic) bond motifs is 5. The van der Waals surface area contributed by atoms with E-state index in [4.69, 9.17) is 36.9 Å². The molecule has 3 fully saturated rings. The Morgan fingerprint density at radius 2 is 1.96 bits per heavy atom. The molecule has 5 rings (SSSR count). The number of hydrogen-bond acceptors (Lipinski definition) is 6. The fourth-order valence-corrected chi connectivity index (χ4v) is 3.86. The Kier molecular flexibility index (Phi) is 1.56. The number of morpholine rings is 1. The zero-order valence-electron chi connectivity index (χ0n) is 34.8. The molecule has 8 heteroatoms. The van der Waals surface area contributed by atoms with Crippen molar-refractivity contribution < 1.29 is 69.6 Å². The molecule has 2 aromatic rings. The second-order valence-corrected chi connectivity index (χ2v) is 6.98. The van der Waals surface area contributed by atoms with Crippen molar-refractivity contribution in [2.75, 3.05) is 14.0 Å². The smallest absolute Gasteiger partial charge is 0.349 e. The average molecular weight is 495 g/mol. The third-order valence-corrected chi connectivity index (χ3v) is 5.41. The zero-order chi connectivity index (χ0) is 37.2. The quantitative estimate of drug-likeness (QED) is 0.341. The van der Waals surface area contributed by atoms with Crippen molar-refractivity contribution in [3.63, 3.8) is 0 Å². The molecule has 0 aliphatic carbocycles. The predicted octanol–water partition coefficient (Wildman–Crippen LogP) is -0.650. The molecule has 3 aliphatic rings. The Hall–Kier alpha value is -0.770. The second kappa shape index (κ2) is 6.64. The van der Waals surface area contributed by atoms with E-state index in [1.165, 1.54) is 0 Å². The van der Waals surface area contributed by atoms with Crippen molar-refractivity contribution in [1.82, 2.24) is 0 Å². The monoisotopic (exact) mass is 493 g/mol. The van der Waals surface area contributed by atoms with Gasteiger partial charge in [0.25, 0.3) is 0 Å². The number of carbonyl (C=O) groups is 1. The van der Waals surface area contributed by atoms with Gasteiger partial charge < -0.3 is 36.0 Å². The Morgan fingerprint density at radius 1 is 1.37 bits per heavy atom. The first-order valence-electron chi connectivity index (χ1n) is 17.8. The fraction of sp³-hybridized carbons (Fsp3) is 0.526. The Labute approximate surface area is 207 Å². The number of rotatable bonds is 5. The van der Waals surface area contributed by atoms with Crippen LogP contribution in [0.2, 0.25) is 0 Å². The number of carbonyl (C=O) groups excluding carboxylic acids is 1. The first-order chi connectivity index (χ1) is 21.3. The van der Waals surface area contributed by atoms with Gasteiger partial charge in [-0.25, -0.2) is 4.79 Å². The van der Waals surface area contributed by atoms with E-state index in [-0.39, 0.29) is 39.7 Å². The number of halogens is 1. The highest BCUT2D eigenvalue weighted by Crippen LogP contribution is 2.52. The standard InChI is InChI=1S/C19H22NO4S2.BrH/c1-20(2)12-9-11(10-13(20)17-16(12)24-17)23-18(21)19(22,14-5-3-7-25-14)15-6-4-8-26-15;/h3-8,11-13,16-17,22H,9-10H2,1-2H3;1H/q+1;/p-1/i1D3,2D3,3D,4D,5D,6D,7D,8D,9D2,10D2,11D,12D,13D,16D,17D,22D;. The Morgan fingerprint density at radius 3 is 2.41 bits per heavy atom. The molecule has 27 heavy (non-hydrogen) atoms. The van der Waals surface area contributed by atoms with Gasteiger partial charge in [0.2, 0.25) is 7.03 Å². The second-order valence-electron chi connectivity index (χ2n) is 5.34. The van der Waals surface area contributed by atoms with Gasteiger partial charge in [0.1, 0.15) is 30.3 Å². The SMILES string of the molecule is [2H]OC(C(=O)OC1([2H])C([2H])([2H])C2([2H])C3([2H])OC3([2H])C([2H])(C1([2H])[2H])[N+]2(C([2H])([2H])[2H])C([2H])([2H])[2H])(c1sc([2H])c([2H])c1[2H])c1sc([2H])c([2H])c1[2H].[Br-]. The van der Waals surface area contributed by atoms with Crippen LogP contribution < -0.4 is 17.0 Å². The van der Waals surface area contributed by atoms with Gasteiger partial charge in [-0.1, -0.05) is 12.1 Å². The lowest BCUT2D eigenvalue weighted by atomic mass is 9.95. The molecule has 4 unspecified atom stereocenters. The Bertz CT molecular complexity index is 1650. The van der Waals surface area contributed by atoms with Crippen LogP contribution in [0.5, 0.6) is 0 Å². The zero-order valence-corrected chi connectivity index (χ0v) is 16.0. The van der Waals surface area contributed by atoms with Gasteiger partial charge in [-0.2, -0.15) is 0 Å². The largest absolute Gasteiger partial charge is 1.00 e. The summed E-state index contributed by atoms with van der Waals surface area (Å²) in [5, 5.41) is 3.16. The molecule has 2 bridgehead atoms. The molecule has 0 amide bonds. The number of piperidine rings is 1. The molecule has 0 aromatic carbocycles. The number of aliphatic hydroxyl groups is 1. The minimum atomic E-state index is -4.57. The number of hydrogen-bond donors (Lipinski definition) is 1. The van der Waals surface area contributed by atoms with Gasteiger partial charge in [-0.15, -0.1) is 22.7 Å². The lowest BCUT2D eigenvalue weighted by Crippen LogP contribution is -3.00. The van der Waals surface area contributed by atoms with Gasteiger partial charge >= 0.3 is 5.97 Å². The maximum Gasteiger partial charge on any atom is 0.349 e. The minimum Gasteiger partial charge on any atom is -1.00 e.